The molecule has 0 spiro atoms. The van der Waals surface area contributed by atoms with Gasteiger partial charge in [0, 0.05) is 28.8 Å². The zero-order valence-electron chi connectivity index (χ0n) is 17.9. The molecule has 4 rings (SSSR count). The molecule has 11 nitrogen and oxygen atoms in total. The molecule has 0 aliphatic heterocycles. The average Bonchev–Trinajstić information content (AvgIpc) is 3.37. The lowest BCUT2D eigenvalue weighted by Crippen LogP contribution is -2.32. The van der Waals surface area contributed by atoms with Crippen LogP contribution in [0.15, 0.2) is 69.9 Å². The van der Waals surface area contributed by atoms with Gasteiger partial charge < -0.3 is 30.5 Å². The number of rotatable bonds is 6. The molecule has 0 fully saturated rings. The van der Waals surface area contributed by atoms with Crippen LogP contribution in [0.3, 0.4) is 0 Å². The molecule has 2 aromatic heterocycles. The van der Waals surface area contributed by atoms with Gasteiger partial charge in [-0.15, -0.1) is 0 Å². The van der Waals surface area contributed by atoms with E-state index in [4.69, 9.17) is 48.0 Å². The number of benzene rings is 2. The lowest BCUT2D eigenvalue weighted by Gasteiger charge is -2.05. The Balaban J connectivity index is 0.000000202. The molecule has 184 valence electrons. The van der Waals surface area contributed by atoms with Crippen molar-refractivity contribution in [1.82, 2.24) is 0 Å². The molecule has 0 amide bonds. The van der Waals surface area contributed by atoms with Gasteiger partial charge in [0.2, 0.25) is 0 Å². The van der Waals surface area contributed by atoms with Gasteiger partial charge in [0.15, 0.2) is 0 Å². The van der Waals surface area contributed by atoms with E-state index in [1.807, 2.05) is 48.5 Å². The van der Waals surface area contributed by atoms with E-state index in [1.54, 1.807) is 12.5 Å². The Labute approximate surface area is 195 Å². The second kappa shape index (κ2) is 12.3. The second-order valence-corrected chi connectivity index (χ2v) is 8.15. The smallest absolute Gasteiger partial charge is 0.394 e. The second-order valence-electron chi connectivity index (χ2n) is 7.26. The largest absolute Gasteiger partial charge is 0.480 e. The molecule has 34 heavy (non-hydrogen) atoms. The number of nitrogens with two attached hydrogens (primary N) is 2. The molecule has 0 saturated carbocycles. The van der Waals surface area contributed by atoms with Gasteiger partial charge in [-0.25, -0.2) is 0 Å². The number of hydrogen-bond acceptors (Lipinski definition) is 8. The van der Waals surface area contributed by atoms with Gasteiger partial charge in [-0.05, 0) is 24.1 Å². The number of carbonyl (C=O) groups is 1. The van der Waals surface area contributed by atoms with Crippen LogP contribution in [0.2, 0.25) is 0 Å². The minimum absolute atomic E-state index is 0.000489. The van der Waals surface area contributed by atoms with Crippen molar-refractivity contribution in [3.63, 3.8) is 0 Å². The van der Waals surface area contributed by atoms with Crippen LogP contribution in [0, 0.1) is 0 Å². The number of fused-ring (bicyclic) bond motifs is 2. The van der Waals surface area contributed by atoms with E-state index in [0.29, 0.717) is 6.42 Å². The van der Waals surface area contributed by atoms with Crippen LogP contribution in [0.1, 0.15) is 11.1 Å². The van der Waals surface area contributed by atoms with Crippen molar-refractivity contribution >= 4 is 38.3 Å². The Morgan fingerprint density at radius 1 is 0.853 bits per heavy atom. The normalized spacial score (nSPS) is 12.9. The molecule has 8 N–H and O–H groups in total. The standard InChI is InChI=1S/C11H11NO3.C11H13NO2.H2O4S/c12-9(11(13)14)5-7-6-15-10-4-2-1-3-8(7)10;12-9(6-13)5-8-7-14-11-4-2-1-3-10(8)11;1-5(2,3)4/h1-4,6,9H,5,12H2,(H,13,14);1-4,7,9,13H,5-6,12H2;(H2,1,2,3,4)/t2*9-;/m00./s1. The molecule has 0 radical (unpaired) electrons. The third-order valence-corrected chi connectivity index (χ3v) is 4.60. The quantitative estimate of drug-likeness (QED) is 0.213. The van der Waals surface area contributed by atoms with Crippen LogP contribution < -0.4 is 11.5 Å². The molecule has 2 atom stereocenters. The van der Waals surface area contributed by atoms with E-state index in [-0.39, 0.29) is 19.1 Å². The molecule has 0 unspecified atom stereocenters. The lowest BCUT2D eigenvalue weighted by molar-refractivity contribution is -0.138. The Morgan fingerprint density at radius 2 is 1.26 bits per heavy atom. The molecule has 2 aromatic carbocycles. The van der Waals surface area contributed by atoms with E-state index >= 15 is 0 Å². The van der Waals surface area contributed by atoms with E-state index in [0.717, 1.165) is 33.1 Å². The number of para-hydroxylation sites is 2. The van der Waals surface area contributed by atoms with Gasteiger partial charge in [-0.3, -0.25) is 13.9 Å². The third kappa shape index (κ3) is 8.59. The van der Waals surface area contributed by atoms with Crippen LogP contribution in [0.25, 0.3) is 21.9 Å². The van der Waals surface area contributed by atoms with Crippen molar-refractivity contribution in [2.75, 3.05) is 6.61 Å². The maximum Gasteiger partial charge on any atom is 0.394 e. The van der Waals surface area contributed by atoms with Crippen molar-refractivity contribution in [2.45, 2.75) is 24.9 Å². The molecule has 0 aliphatic carbocycles. The van der Waals surface area contributed by atoms with E-state index in [1.165, 1.54) is 0 Å². The van der Waals surface area contributed by atoms with Gasteiger partial charge in [-0.2, -0.15) is 8.42 Å². The Morgan fingerprint density at radius 3 is 1.68 bits per heavy atom. The molecule has 0 saturated heterocycles. The Kier molecular flexibility index (Phi) is 9.74. The lowest BCUT2D eigenvalue weighted by atomic mass is 10.1. The number of carboxylic acid groups (broad SMARTS) is 1. The third-order valence-electron chi connectivity index (χ3n) is 4.60. The van der Waals surface area contributed by atoms with Gasteiger partial charge >= 0.3 is 16.4 Å². The first kappa shape index (κ1) is 27.0. The summed E-state index contributed by atoms with van der Waals surface area (Å²) >= 11 is 0. The van der Waals surface area contributed by atoms with Crippen molar-refractivity contribution in [1.29, 1.82) is 0 Å². The highest BCUT2D eigenvalue weighted by atomic mass is 32.3. The molecule has 0 bridgehead atoms. The topological polar surface area (TPSA) is 210 Å². The number of hydrogen-bond donors (Lipinski definition) is 6. The summed E-state index contributed by atoms with van der Waals surface area (Å²) in [6.07, 6.45) is 4.20. The van der Waals surface area contributed by atoms with Crippen LogP contribution in [0.5, 0.6) is 0 Å². The molecular formula is C22H26N2O9S. The summed E-state index contributed by atoms with van der Waals surface area (Å²) < 4.78 is 42.2. The fourth-order valence-electron chi connectivity index (χ4n) is 3.05. The Hall–Kier alpha value is -3.26. The molecule has 2 heterocycles. The predicted molar refractivity (Wildman–Crippen MR) is 125 cm³/mol. The van der Waals surface area contributed by atoms with Gasteiger partial charge in [0.05, 0.1) is 19.1 Å². The van der Waals surface area contributed by atoms with Crippen molar-refractivity contribution < 1.29 is 41.4 Å². The fourth-order valence-corrected chi connectivity index (χ4v) is 3.05. The van der Waals surface area contributed by atoms with Crippen LogP contribution in [-0.4, -0.2) is 52.4 Å². The number of carboxylic acids is 1. The van der Waals surface area contributed by atoms with E-state index < -0.39 is 22.4 Å². The fraction of sp³-hybridized carbons (Fsp3) is 0.227. The highest BCUT2D eigenvalue weighted by Gasteiger charge is 2.15. The molecule has 4 aromatic rings. The van der Waals surface area contributed by atoms with Crippen LogP contribution >= 0.6 is 0 Å². The van der Waals surface area contributed by atoms with Crippen molar-refractivity contribution in [3.05, 3.63) is 72.2 Å². The summed E-state index contributed by atoms with van der Waals surface area (Å²) in [6, 6.07) is 14.2. The number of aliphatic hydroxyl groups excluding tert-OH is 1. The zero-order chi connectivity index (χ0) is 25.3. The highest BCUT2D eigenvalue weighted by Crippen LogP contribution is 2.22. The first-order chi connectivity index (χ1) is 16.0. The average molecular weight is 495 g/mol. The highest BCUT2D eigenvalue weighted by molar-refractivity contribution is 7.79. The van der Waals surface area contributed by atoms with E-state index in [2.05, 4.69) is 0 Å². The minimum Gasteiger partial charge on any atom is -0.480 e. The maximum atomic E-state index is 10.6. The van der Waals surface area contributed by atoms with Gasteiger partial charge in [-0.1, -0.05) is 36.4 Å². The first-order valence-corrected chi connectivity index (χ1v) is 11.3. The minimum atomic E-state index is -4.67. The zero-order valence-corrected chi connectivity index (χ0v) is 18.8. The maximum absolute atomic E-state index is 10.6. The van der Waals surface area contributed by atoms with Gasteiger partial charge in [0.25, 0.3) is 0 Å². The summed E-state index contributed by atoms with van der Waals surface area (Å²) in [6.45, 7) is -0.000489. The molecule has 12 heteroatoms. The summed E-state index contributed by atoms with van der Waals surface area (Å²) in [5.41, 5.74) is 14.6. The Bertz CT molecular complexity index is 1310. The summed E-state index contributed by atoms with van der Waals surface area (Å²) in [7, 11) is -4.67. The summed E-state index contributed by atoms with van der Waals surface area (Å²) in [5.74, 6) is -1.000. The van der Waals surface area contributed by atoms with Crippen molar-refractivity contribution in [2.24, 2.45) is 11.5 Å². The number of aliphatic hydroxyl groups is 1. The van der Waals surface area contributed by atoms with Crippen molar-refractivity contribution in [3.8, 4) is 0 Å². The molecular weight excluding hydrogens is 468 g/mol. The molecule has 0 aliphatic rings. The van der Waals surface area contributed by atoms with Crippen LogP contribution in [0.4, 0.5) is 0 Å². The van der Waals surface area contributed by atoms with Crippen LogP contribution in [-0.2, 0) is 28.0 Å². The predicted octanol–water partition coefficient (Wildman–Crippen LogP) is 2.03. The number of furan rings is 2. The summed E-state index contributed by atoms with van der Waals surface area (Å²) in [4.78, 5) is 10.6. The first-order valence-electron chi connectivity index (χ1n) is 9.94. The monoisotopic (exact) mass is 494 g/mol. The van der Waals surface area contributed by atoms with E-state index in [9.17, 15) is 4.79 Å². The van der Waals surface area contributed by atoms with Gasteiger partial charge in [0.1, 0.15) is 17.2 Å². The number of aliphatic carboxylic acids is 1. The summed E-state index contributed by atoms with van der Waals surface area (Å²) in [5, 5.41) is 19.6. The SMILES string of the molecule is N[C@@H](Cc1coc2ccccc12)C(=O)O.N[C@H](CO)Cc1coc2ccccc12.O=S(=O)(O)O.